The standard InChI is InChI=1S/C14H16N8O/c1-9(2)22-8-16-21-13(22)10-4-3-5-11(17-10)18-14(23)19-12-6-7-15-20-12/h3-9H,1-2H3,(H3,15,17,18,19,20,23). The van der Waals surface area contributed by atoms with E-state index >= 15 is 0 Å². The van der Waals surface area contributed by atoms with Crippen molar-refractivity contribution >= 4 is 17.7 Å². The van der Waals surface area contributed by atoms with Crippen molar-refractivity contribution in [3.8, 4) is 11.5 Å². The Labute approximate surface area is 132 Å². The number of H-pyrrole nitrogens is 1. The largest absolute Gasteiger partial charge is 0.326 e. The number of carbonyl (C=O) groups is 1. The van der Waals surface area contributed by atoms with Gasteiger partial charge in [0.25, 0.3) is 0 Å². The predicted octanol–water partition coefficient (Wildman–Crippen LogP) is 2.29. The van der Waals surface area contributed by atoms with Crippen molar-refractivity contribution in [3.63, 3.8) is 0 Å². The van der Waals surface area contributed by atoms with E-state index in [2.05, 4.69) is 36.0 Å². The van der Waals surface area contributed by atoms with Gasteiger partial charge in [-0.2, -0.15) is 5.10 Å². The Morgan fingerprint density at radius 2 is 2.13 bits per heavy atom. The number of carbonyl (C=O) groups excluding carboxylic acids is 1. The molecule has 0 fully saturated rings. The molecule has 3 aromatic rings. The second-order valence-corrected chi connectivity index (χ2v) is 5.11. The molecule has 118 valence electrons. The molecule has 0 aliphatic rings. The highest BCUT2D eigenvalue weighted by molar-refractivity contribution is 5.98. The fourth-order valence-corrected chi connectivity index (χ4v) is 2.03. The third-order valence-corrected chi connectivity index (χ3v) is 3.10. The molecule has 0 saturated heterocycles. The molecule has 0 unspecified atom stereocenters. The zero-order chi connectivity index (χ0) is 16.2. The van der Waals surface area contributed by atoms with Crippen LogP contribution < -0.4 is 10.6 Å². The second kappa shape index (κ2) is 6.26. The number of amides is 2. The molecule has 23 heavy (non-hydrogen) atoms. The summed E-state index contributed by atoms with van der Waals surface area (Å²) in [4.78, 5) is 16.3. The molecule has 0 aliphatic heterocycles. The summed E-state index contributed by atoms with van der Waals surface area (Å²) in [7, 11) is 0. The second-order valence-electron chi connectivity index (χ2n) is 5.11. The van der Waals surface area contributed by atoms with Crippen LogP contribution in [-0.4, -0.2) is 36.0 Å². The topological polar surface area (TPSA) is 113 Å². The van der Waals surface area contributed by atoms with Gasteiger partial charge in [0.2, 0.25) is 0 Å². The SMILES string of the molecule is CC(C)n1cnnc1-c1cccc(NC(=O)Nc2ccn[nH]2)n1. The third kappa shape index (κ3) is 3.34. The van der Waals surface area contributed by atoms with Crippen LogP contribution in [-0.2, 0) is 0 Å². The maximum atomic E-state index is 11.9. The van der Waals surface area contributed by atoms with E-state index in [1.54, 1.807) is 30.7 Å². The molecule has 2 amide bonds. The minimum Gasteiger partial charge on any atom is -0.310 e. The zero-order valence-electron chi connectivity index (χ0n) is 12.7. The van der Waals surface area contributed by atoms with Crippen LogP contribution in [0.2, 0.25) is 0 Å². The first-order chi connectivity index (χ1) is 11.1. The summed E-state index contributed by atoms with van der Waals surface area (Å²) in [6.07, 6.45) is 3.21. The first-order valence-electron chi connectivity index (χ1n) is 7.08. The fourth-order valence-electron chi connectivity index (χ4n) is 2.03. The van der Waals surface area contributed by atoms with Gasteiger partial charge in [-0.1, -0.05) is 6.07 Å². The summed E-state index contributed by atoms with van der Waals surface area (Å²) in [5.74, 6) is 1.56. The van der Waals surface area contributed by atoms with Gasteiger partial charge in [-0.3, -0.25) is 15.7 Å². The molecule has 3 aromatic heterocycles. The smallest absolute Gasteiger partial charge is 0.310 e. The number of nitrogens with zero attached hydrogens (tertiary/aromatic N) is 5. The molecule has 0 bridgehead atoms. The van der Waals surface area contributed by atoms with Crippen LogP contribution in [0.4, 0.5) is 16.4 Å². The van der Waals surface area contributed by atoms with Crippen LogP contribution in [0, 0.1) is 0 Å². The maximum Gasteiger partial charge on any atom is 0.326 e. The number of pyridine rings is 1. The van der Waals surface area contributed by atoms with Gasteiger partial charge >= 0.3 is 6.03 Å². The fraction of sp³-hybridized carbons (Fsp3) is 0.214. The maximum absolute atomic E-state index is 11.9. The lowest BCUT2D eigenvalue weighted by Gasteiger charge is -2.10. The van der Waals surface area contributed by atoms with E-state index < -0.39 is 6.03 Å². The number of hydrogen-bond donors (Lipinski definition) is 3. The lowest BCUT2D eigenvalue weighted by atomic mass is 10.3. The van der Waals surface area contributed by atoms with Crippen LogP contribution in [0.25, 0.3) is 11.5 Å². The van der Waals surface area contributed by atoms with Crippen LogP contribution in [0.3, 0.4) is 0 Å². The third-order valence-electron chi connectivity index (χ3n) is 3.10. The van der Waals surface area contributed by atoms with E-state index in [0.717, 1.165) is 0 Å². The number of aromatic amines is 1. The van der Waals surface area contributed by atoms with Crippen LogP contribution in [0.1, 0.15) is 19.9 Å². The molecule has 3 heterocycles. The Morgan fingerprint density at radius 1 is 1.26 bits per heavy atom. The molecular formula is C14H16N8O. The number of rotatable bonds is 4. The van der Waals surface area contributed by atoms with Crippen molar-refractivity contribution in [2.45, 2.75) is 19.9 Å². The van der Waals surface area contributed by atoms with E-state index in [-0.39, 0.29) is 6.04 Å². The molecule has 3 N–H and O–H groups in total. The summed E-state index contributed by atoms with van der Waals surface area (Å²) in [5, 5.41) is 19.7. The van der Waals surface area contributed by atoms with Crippen molar-refractivity contribution in [1.29, 1.82) is 0 Å². The number of hydrogen-bond acceptors (Lipinski definition) is 5. The minimum atomic E-state index is -0.413. The molecule has 0 radical (unpaired) electrons. The Hall–Kier alpha value is -3.23. The van der Waals surface area contributed by atoms with Crippen LogP contribution in [0.5, 0.6) is 0 Å². The molecule has 0 aliphatic carbocycles. The van der Waals surface area contributed by atoms with Gasteiger partial charge in [0.05, 0.1) is 6.20 Å². The van der Waals surface area contributed by atoms with E-state index in [4.69, 9.17) is 0 Å². The molecule has 0 spiro atoms. The van der Waals surface area contributed by atoms with Crippen molar-refractivity contribution in [3.05, 3.63) is 36.8 Å². The summed E-state index contributed by atoms with van der Waals surface area (Å²) in [6, 6.07) is 6.76. The van der Waals surface area contributed by atoms with Gasteiger partial charge in [-0.25, -0.2) is 9.78 Å². The van der Waals surface area contributed by atoms with Gasteiger partial charge in [0.1, 0.15) is 23.7 Å². The first-order valence-corrected chi connectivity index (χ1v) is 7.08. The lowest BCUT2D eigenvalue weighted by Crippen LogP contribution is -2.20. The molecular weight excluding hydrogens is 296 g/mol. The summed E-state index contributed by atoms with van der Waals surface area (Å²) in [5.41, 5.74) is 0.635. The summed E-state index contributed by atoms with van der Waals surface area (Å²) < 4.78 is 1.91. The quantitative estimate of drug-likeness (QED) is 0.684. The van der Waals surface area contributed by atoms with Crippen LogP contribution in [0.15, 0.2) is 36.8 Å². The zero-order valence-corrected chi connectivity index (χ0v) is 12.7. The number of urea groups is 1. The van der Waals surface area contributed by atoms with E-state index in [1.807, 2.05) is 24.5 Å². The number of aromatic nitrogens is 6. The Morgan fingerprint density at radius 3 is 2.87 bits per heavy atom. The minimum absolute atomic E-state index is 0.210. The lowest BCUT2D eigenvalue weighted by molar-refractivity contribution is 0.262. The molecule has 9 heteroatoms. The summed E-state index contributed by atoms with van der Waals surface area (Å²) in [6.45, 7) is 4.07. The van der Waals surface area contributed by atoms with Gasteiger partial charge in [0.15, 0.2) is 5.82 Å². The predicted molar refractivity (Wildman–Crippen MR) is 84.9 cm³/mol. The molecule has 9 nitrogen and oxygen atoms in total. The van der Waals surface area contributed by atoms with E-state index in [9.17, 15) is 4.79 Å². The highest BCUT2D eigenvalue weighted by Gasteiger charge is 2.12. The van der Waals surface area contributed by atoms with Gasteiger partial charge in [0, 0.05) is 12.1 Å². The average Bonchev–Trinajstić information content (AvgIpc) is 3.18. The van der Waals surface area contributed by atoms with E-state index in [1.165, 1.54) is 0 Å². The molecule has 0 atom stereocenters. The highest BCUT2D eigenvalue weighted by atomic mass is 16.2. The monoisotopic (exact) mass is 312 g/mol. The van der Waals surface area contributed by atoms with Crippen molar-refractivity contribution in [1.82, 2.24) is 29.9 Å². The van der Waals surface area contributed by atoms with Gasteiger partial charge in [-0.15, -0.1) is 10.2 Å². The number of nitrogens with one attached hydrogen (secondary N) is 3. The van der Waals surface area contributed by atoms with Crippen molar-refractivity contribution < 1.29 is 4.79 Å². The molecule has 0 aromatic carbocycles. The summed E-state index contributed by atoms with van der Waals surface area (Å²) >= 11 is 0. The Bertz CT molecular complexity index is 793. The van der Waals surface area contributed by atoms with Crippen molar-refractivity contribution in [2.75, 3.05) is 10.6 Å². The van der Waals surface area contributed by atoms with E-state index in [0.29, 0.717) is 23.2 Å². The Balaban J connectivity index is 1.77. The molecule has 3 rings (SSSR count). The van der Waals surface area contributed by atoms with Crippen LogP contribution >= 0.6 is 0 Å². The highest BCUT2D eigenvalue weighted by Crippen LogP contribution is 2.19. The van der Waals surface area contributed by atoms with Crippen molar-refractivity contribution in [2.24, 2.45) is 0 Å². The molecule has 0 saturated carbocycles. The first kappa shape index (κ1) is 14.7. The number of anilines is 2. The van der Waals surface area contributed by atoms with Gasteiger partial charge < -0.3 is 4.57 Å². The Kier molecular flexibility index (Phi) is 4.00. The average molecular weight is 312 g/mol. The normalized spacial score (nSPS) is 10.7. The van der Waals surface area contributed by atoms with Gasteiger partial charge in [-0.05, 0) is 26.0 Å².